The molecule has 0 bridgehead atoms. The van der Waals surface area contributed by atoms with Gasteiger partial charge in [-0.2, -0.15) is 0 Å². The van der Waals surface area contributed by atoms with Gasteiger partial charge in [0.25, 0.3) is 0 Å². The van der Waals surface area contributed by atoms with Crippen LogP contribution in [0.1, 0.15) is 0 Å². The van der Waals surface area contributed by atoms with Gasteiger partial charge in [0.05, 0.1) is 52.6 Å². The van der Waals surface area contributed by atoms with E-state index >= 15 is 0 Å². The molecule has 1 heterocycles. The average Bonchev–Trinajstić information content (AvgIpc) is 2.74. The van der Waals surface area contributed by atoms with Crippen molar-refractivity contribution in [3.63, 3.8) is 0 Å². The third kappa shape index (κ3) is 19.8. The normalized spacial score (nSPS) is 10.5. The van der Waals surface area contributed by atoms with Gasteiger partial charge in [0.1, 0.15) is 0 Å². The van der Waals surface area contributed by atoms with E-state index < -0.39 is 50.1 Å². The summed E-state index contributed by atoms with van der Waals surface area (Å²) in [4.78, 5) is 50.8. The van der Waals surface area contributed by atoms with E-state index in [4.69, 9.17) is 29.9 Å². The molecular formula is C21H34N4O10. The van der Waals surface area contributed by atoms with E-state index in [0.29, 0.717) is 0 Å². The second-order valence-electron chi connectivity index (χ2n) is 7.32. The van der Waals surface area contributed by atoms with Crippen LogP contribution in [0.4, 0.5) is 5.69 Å². The van der Waals surface area contributed by atoms with E-state index in [1.807, 2.05) is 31.1 Å². The predicted octanol–water partition coefficient (Wildman–Crippen LogP) is -0.890. The number of ether oxygens (including phenoxy) is 2. The van der Waals surface area contributed by atoms with E-state index in [-0.39, 0.29) is 39.5 Å². The molecule has 0 aliphatic carbocycles. The van der Waals surface area contributed by atoms with Crippen molar-refractivity contribution in [3.8, 4) is 0 Å². The molecule has 1 aromatic rings. The summed E-state index contributed by atoms with van der Waals surface area (Å²) >= 11 is 0. The topological polar surface area (TPSA) is 190 Å². The minimum Gasteiger partial charge on any atom is -0.480 e. The van der Waals surface area contributed by atoms with Crippen LogP contribution in [0, 0.1) is 0 Å². The smallest absolute Gasteiger partial charge is 0.317 e. The zero-order valence-electron chi connectivity index (χ0n) is 19.9. The third-order valence-corrected chi connectivity index (χ3v) is 4.09. The SMILES string of the molecule is CN(C)c1ccncc1.O=C(O)CN(CCOCCOCCN(CC(=O)O)CC(=O)O)CC(=O)O. The molecule has 1 rings (SSSR count). The highest BCUT2D eigenvalue weighted by molar-refractivity contribution is 5.73. The van der Waals surface area contributed by atoms with Gasteiger partial charge in [0.2, 0.25) is 0 Å². The van der Waals surface area contributed by atoms with Crippen LogP contribution in [0.2, 0.25) is 0 Å². The maximum absolute atomic E-state index is 10.6. The fraction of sp³-hybridized carbons (Fsp3) is 0.571. The second kappa shape index (κ2) is 19.0. The number of hydrogen-bond donors (Lipinski definition) is 4. The Morgan fingerprint density at radius 1 is 0.686 bits per heavy atom. The molecule has 0 atom stereocenters. The van der Waals surface area contributed by atoms with Crippen LogP contribution in [0.5, 0.6) is 0 Å². The lowest BCUT2D eigenvalue weighted by Gasteiger charge is -2.18. The van der Waals surface area contributed by atoms with Crippen LogP contribution < -0.4 is 4.90 Å². The minimum absolute atomic E-state index is 0.119. The zero-order valence-corrected chi connectivity index (χ0v) is 19.9. The van der Waals surface area contributed by atoms with Gasteiger partial charge in [-0.1, -0.05) is 0 Å². The van der Waals surface area contributed by atoms with Gasteiger partial charge in [-0.15, -0.1) is 0 Å². The van der Waals surface area contributed by atoms with Crippen molar-refractivity contribution in [2.75, 3.05) is 84.7 Å². The molecule has 0 saturated carbocycles. The first-order chi connectivity index (χ1) is 16.5. The van der Waals surface area contributed by atoms with Crippen molar-refractivity contribution in [1.29, 1.82) is 0 Å². The van der Waals surface area contributed by atoms with Gasteiger partial charge in [-0.05, 0) is 12.1 Å². The lowest BCUT2D eigenvalue weighted by atomic mass is 10.4. The number of nitrogens with zero attached hydrogens (tertiary/aromatic N) is 4. The molecule has 0 amide bonds. The standard InChI is InChI=1S/C14H24N2O10.C7H10N2/c17-11(18)7-15(8-12(19)20)1-3-25-5-6-26-4-2-16(9-13(21)22)10-14(23)24;1-9(2)7-3-5-8-6-4-7/h1-10H2,(H,17,18)(H,19,20)(H,21,22)(H,23,24);3-6H,1-2H3. The Kier molecular flexibility index (Phi) is 17.2. The molecule has 4 N–H and O–H groups in total. The Bertz CT molecular complexity index is 690. The van der Waals surface area contributed by atoms with Crippen molar-refractivity contribution in [2.24, 2.45) is 0 Å². The lowest BCUT2D eigenvalue weighted by molar-refractivity contribution is -0.144. The van der Waals surface area contributed by atoms with Gasteiger partial charge in [0, 0.05) is 45.3 Å². The van der Waals surface area contributed by atoms with Crippen molar-refractivity contribution >= 4 is 29.6 Å². The number of rotatable bonds is 18. The molecule has 0 aliphatic heterocycles. The molecule has 14 heteroatoms. The molecule has 198 valence electrons. The molecule has 0 fully saturated rings. The second-order valence-corrected chi connectivity index (χ2v) is 7.32. The number of aromatic nitrogens is 1. The predicted molar refractivity (Wildman–Crippen MR) is 124 cm³/mol. The largest absolute Gasteiger partial charge is 0.480 e. The maximum Gasteiger partial charge on any atom is 0.317 e. The number of carboxylic acids is 4. The van der Waals surface area contributed by atoms with Gasteiger partial charge in [-0.3, -0.25) is 34.0 Å². The number of aliphatic carboxylic acids is 4. The fourth-order valence-corrected chi connectivity index (χ4v) is 2.54. The van der Waals surface area contributed by atoms with Crippen molar-refractivity contribution in [1.82, 2.24) is 14.8 Å². The molecule has 35 heavy (non-hydrogen) atoms. The van der Waals surface area contributed by atoms with Crippen molar-refractivity contribution in [3.05, 3.63) is 24.5 Å². The Morgan fingerprint density at radius 3 is 1.29 bits per heavy atom. The van der Waals surface area contributed by atoms with Crippen molar-refractivity contribution in [2.45, 2.75) is 0 Å². The van der Waals surface area contributed by atoms with Crippen LogP contribution in [0.25, 0.3) is 0 Å². The van der Waals surface area contributed by atoms with E-state index in [1.165, 1.54) is 15.5 Å². The summed E-state index contributed by atoms with van der Waals surface area (Å²) in [5, 5.41) is 34.7. The lowest BCUT2D eigenvalue weighted by Crippen LogP contribution is -2.37. The van der Waals surface area contributed by atoms with E-state index in [0.717, 1.165) is 0 Å². The maximum atomic E-state index is 10.6. The number of carbonyl (C=O) groups is 4. The molecule has 0 saturated heterocycles. The van der Waals surface area contributed by atoms with Gasteiger partial charge in [0.15, 0.2) is 0 Å². The zero-order chi connectivity index (χ0) is 26.6. The quantitative estimate of drug-likeness (QED) is 0.181. The van der Waals surface area contributed by atoms with Crippen molar-refractivity contribution < 1.29 is 49.1 Å². The summed E-state index contributed by atoms with van der Waals surface area (Å²) in [6.07, 6.45) is 3.57. The Hall–Kier alpha value is -3.33. The molecule has 0 unspecified atom stereocenters. The highest BCUT2D eigenvalue weighted by atomic mass is 16.5. The molecule has 1 aromatic heterocycles. The summed E-state index contributed by atoms with van der Waals surface area (Å²) in [5.41, 5.74) is 1.19. The number of carboxylic acid groups (broad SMARTS) is 4. The number of pyridine rings is 1. The van der Waals surface area contributed by atoms with Gasteiger partial charge >= 0.3 is 23.9 Å². The summed E-state index contributed by atoms with van der Waals surface area (Å²) < 4.78 is 10.4. The van der Waals surface area contributed by atoms with Crippen LogP contribution in [0.3, 0.4) is 0 Å². The Morgan fingerprint density at radius 2 is 1.03 bits per heavy atom. The number of hydrogen-bond acceptors (Lipinski definition) is 10. The summed E-state index contributed by atoms with van der Waals surface area (Å²) in [6.45, 7) is -0.790. The Labute approximate surface area is 203 Å². The fourth-order valence-electron chi connectivity index (χ4n) is 2.54. The first kappa shape index (κ1) is 31.7. The molecule has 0 radical (unpaired) electrons. The first-order valence-corrected chi connectivity index (χ1v) is 10.6. The summed E-state index contributed by atoms with van der Waals surface area (Å²) in [5.74, 6) is -4.55. The third-order valence-electron chi connectivity index (χ3n) is 4.09. The summed E-state index contributed by atoms with van der Waals surface area (Å²) in [7, 11) is 4.02. The molecular weight excluding hydrogens is 468 g/mol. The number of anilines is 1. The molecule has 14 nitrogen and oxygen atoms in total. The monoisotopic (exact) mass is 502 g/mol. The highest BCUT2D eigenvalue weighted by Gasteiger charge is 2.14. The molecule has 0 aliphatic rings. The average molecular weight is 503 g/mol. The minimum atomic E-state index is -1.14. The van der Waals surface area contributed by atoms with Crippen LogP contribution in [0.15, 0.2) is 24.5 Å². The summed E-state index contributed by atoms with van der Waals surface area (Å²) in [6, 6.07) is 3.94. The van der Waals surface area contributed by atoms with E-state index in [1.54, 1.807) is 12.4 Å². The first-order valence-electron chi connectivity index (χ1n) is 10.6. The molecule has 0 spiro atoms. The Balaban J connectivity index is 0.00000106. The van der Waals surface area contributed by atoms with Crippen LogP contribution >= 0.6 is 0 Å². The van der Waals surface area contributed by atoms with Gasteiger partial charge in [-0.25, -0.2) is 0 Å². The molecule has 0 aromatic carbocycles. The van der Waals surface area contributed by atoms with Crippen LogP contribution in [-0.4, -0.2) is 139 Å². The van der Waals surface area contributed by atoms with Gasteiger partial charge < -0.3 is 34.8 Å². The van der Waals surface area contributed by atoms with E-state index in [9.17, 15) is 19.2 Å². The highest BCUT2D eigenvalue weighted by Crippen LogP contribution is 2.05. The van der Waals surface area contributed by atoms with Crippen LogP contribution in [-0.2, 0) is 28.7 Å². The van der Waals surface area contributed by atoms with E-state index in [2.05, 4.69) is 4.98 Å².